The third-order valence-electron chi connectivity index (χ3n) is 3.29. The number of aromatic nitrogens is 4. The summed E-state index contributed by atoms with van der Waals surface area (Å²) in [7, 11) is 0. The molecular weight excluding hydrogens is 327 g/mol. The van der Waals surface area contributed by atoms with Crippen LogP contribution in [-0.4, -0.2) is 32.6 Å². The second-order valence-corrected chi connectivity index (χ2v) is 6.28. The summed E-state index contributed by atoms with van der Waals surface area (Å²) in [6.07, 6.45) is 0.836. The zero-order valence-electron chi connectivity index (χ0n) is 13.2. The molecular formula is C17H17FN4OS. The third-order valence-corrected chi connectivity index (χ3v) is 4.29. The van der Waals surface area contributed by atoms with Gasteiger partial charge < -0.3 is 4.74 Å². The molecule has 124 valence electrons. The Morgan fingerprint density at radius 1 is 1.17 bits per heavy atom. The number of rotatable bonds is 7. The highest BCUT2D eigenvalue weighted by atomic mass is 32.2. The van der Waals surface area contributed by atoms with Crippen molar-refractivity contribution in [1.29, 1.82) is 0 Å². The summed E-state index contributed by atoms with van der Waals surface area (Å²) in [6.45, 7) is 2.60. The summed E-state index contributed by atoms with van der Waals surface area (Å²) in [5, 5.41) is 12.6. The van der Waals surface area contributed by atoms with Gasteiger partial charge >= 0.3 is 0 Å². The Bertz CT molecular complexity index is 791. The van der Waals surface area contributed by atoms with Gasteiger partial charge in [0.25, 0.3) is 0 Å². The Kier molecular flexibility index (Phi) is 5.43. The molecule has 1 aromatic heterocycles. The Labute approximate surface area is 143 Å². The van der Waals surface area contributed by atoms with E-state index in [1.54, 1.807) is 28.6 Å². The number of nitrogens with zero attached hydrogens (tertiary/aromatic N) is 4. The van der Waals surface area contributed by atoms with Gasteiger partial charge in [-0.25, -0.2) is 4.39 Å². The van der Waals surface area contributed by atoms with Crippen LogP contribution in [0.1, 0.15) is 12.0 Å². The first-order valence-corrected chi connectivity index (χ1v) is 8.57. The maximum atomic E-state index is 12.8. The normalized spacial score (nSPS) is 10.8. The molecule has 0 bridgehead atoms. The molecule has 0 saturated carbocycles. The van der Waals surface area contributed by atoms with Crippen LogP contribution in [0.5, 0.6) is 5.75 Å². The van der Waals surface area contributed by atoms with Crippen molar-refractivity contribution in [2.45, 2.75) is 18.5 Å². The second-order valence-electron chi connectivity index (χ2n) is 5.22. The van der Waals surface area contributed by atoms with Crippen LogP contribution in [0.4, 0.5) is 4.39 Å². The van der Waals surface area contributed by atoms with Crippen molar-refractivity contribution < 1.29 is 9.13 Å². The minimum absolute atomic E-state index is 0.263. The van der Waals surface area contributed by atoms with Crippen LogP contribution >= 0.6 is 11.8 Å². The van der Waals surface area contributed by atoms with E-state index in [1.165, 1.54) is 12.1 Å². The first-order chi connectivity index (χ1) is 11.7. The highest BCUT2D eigenvalue weighted by Gasteiger charge is 2.08. The van der Waals surface area contributed by atoms with Crippen LogP contribution in [0.25, 0.3) is 5.69 Å². The van der Waals surface area contributed by atoms with Crippen LogP contribution in [0.2, 0.25) is 0 Å². The molecule has 0 fully saturated rings. The van der Waals surface area contributed by atoms with E-state index in [0.29, 0.717) is 12.4 Å². The van der Waals surface area contributed by atoms with Crippen molar-refractivity contribution in [1.82, 2.24) is 20.2 Å². The Balaban J connectivity index is 1.49. The molecule has 24 heavy (non-hydrogen) atoms. The quantitative estimate of drug-likeness (QED) is 0.483. The van der Waals surface area contributed by atoms with Crippen molar-refractivity contribution in [3.05, 3.63) is 59.9 Å². The molecule has 0 saturated heterocycles. The lowest BCUT2D eigenvalue weighted by atomic mass is 10.2. The maximum absolute atomic E-state index is 12.8. The number of halogens is 1. The number of hydrogen-bond acceptors (Lipinski definition) is 5. The number of hydrogen-bond donors (Lipinski definition) is 0. The topological polar surface area (TPSA) is 52.8 Å². The van der Waals surface area contributed by atoms with E-state index in [9.17, 15) is 4.39 Å². The molecule has 3 rings (SSSR count). The van der Waals surface area contributed by atoms with Crippen LogP contribution in [0.15, 0.2) is 53.7 Å². The fourth-order valence-electron chi connectivity index (χ4n) is 2.13. The Hall–Kier alpha value is -2.41. The minimum atomic E-state index is -0.263. The molecule has 0 spiro atoms. The van der Waals surface area contributed by atoms with Crippen molar-refractivity contribution in [2.75, 3.05) is 12.4 Å². The highest BCUT2D eigenvalue weighted by molar-refractivity contribution is 7.99. The van der Waals surface area contributed by atoms with Gasteiger partial charge in [0.2, 0.25) is 5.16 Å². The van der Waals surface area contributed by atoms with Gasteiger partial charge in [-0.1, -0.05) is 23.9 Å². The fourth-order valence-corrected chi connectivity index (χ4v) is 2.94. The molecule has 5 nitrogen and oxygen atoms in total. The molecule has 0 atom stereocenters. The lowest BCUT2D eigenvalue weighted by Crippen LogP contribution is -2.02. The molecule has 0 radical (unpaired) electrons. The smallest absolute Gasteiger partial charge is 0.214 e. The van der Waals surface area contributed by atoms with E-state index in [2.05, 4.69) is 15.5 Å². The summed E-state index contributed by atoms with van der Waals surface area (Å²) in [5.41, 5.74) is 2.11. The molecule has 0 aliphatic heterocycles. The molecule has 0 aliphatic carbocycles. The van der Waals surface area contributed by atoms with Gasteiger partial charge in [0, 0.05) is 5.75 Å². The number of aryl methyl sites for hydroxylation is 1. The lowest BCUT2D eigenvalue weighted by molar-refractivity contribution is 0.318. The summed E-state index contributed by atoms with van der Waals surface area (Å²) in [6, 6.07) is 14.1. The van der Waals surface area contributed by atoms with Gasteiger partial charge in [0.15, 0.2) is 0 Å². The summed E-state index contributed by atoms with van der Waals surface area (Å²) >= 11 is 1.58. The number of ether oxygens (including phenoxy) is 1. The maximum Gasteiger partial charge on any atom is 0.214 e. The fraction of sp³-hybridized carbons (Fsp3) is 0.235. The van der Waals surface area contributed by atoms with Crippen LogP contribution in [0.3, 0.4) is 0 Å². The lowest BCUT2D eigenvalue weighted by Gasteiger charge is -2.06. The summed E-state index contributed by atoms with van der Waals surface area (Å²) in [4.78, 5) is 0. The van der Waals surface area contributed by atoms with Gasteiger partial charge in [-0.15, -0.1) is 5.10 Å². The van der Waals surface area contributed by atoms with Crippen molar-refractivity contribution in [3.8, 4) is 11.4 Å². The molecule has 1 heterocycles. The average molecular weight is 344 g/mol. The van der Waals surface area contributed by atoms with E-state index in [-0.39, 0.29) is 5.82 Å². The number of benzene rings is 2. The number of thioether (sulfide) groups is 1. The van der Waals surface area contributed by atoms with Gasteiger partial charge in [-0.2, -0.15) is 4.68 Å². The first kappa shape index (κ1) is 16.4. The third kappa shape index (κ3) is 4.32. The minimum Gasteiger partial charge on any atom is -0.494 e. The van der Waals surface area contributed by atoms with Crippen LogP contribution < -0.4 is 4.74 Å². The summed E-state index contributed by atoms with van der Waals surface area (Å²) in [5.74, 6) is 1.24. The molecule has 0 unspecified atom stereocenters. The van der Waals surface area contributed by atoms with E-state index in [0.717, 1.165) is 28.6 Å². The molecule has 0 amide bonds. The van der Waals surface area contributed by atoms with E-state index >= 15 is 0 Å². The second kappa shape index (κ2) is 7.92. The molecule has 0 N–H and O–H groups in total. The van der Waals surface area contributed by atoms with E-state index < -0.39 is 0 Å². The van der Waals surface area contributed by atoms with Gasteiger partial charge in [0.05, 0.1) is 12.3 Å². The molecule has 2 aromatic carbocycles. The van der Waals surface area contributed by atoms with Gasteiger partial charge in [-0.05, 0) is 65.7 Å². The first-order valence-electron chi connectivity index (χ1n) is 7.59. The highest BCUT2D eigenvalue weighted by Crippen LogP contribution is 2.19. The van der Waals surface area contributed by atoms with Crippen molar-refractivity contribution in [2.24, 2.45) is 0 Å². The largest absolute Gasteiger partial charge is 0.494 e. The van der Waals surface area contributed by atoms with E-state index in [4.69, 9.17) is 4.74 Å². The van der Waals surface area contributed by atoms with Crippen LogP contribution in [0, 0.1) is 12.7 Å². The molecule has 3 aromatic rings. The predicted molar refractivity (Wildman–Crippen MR) is 91.1 cm³/mol. The SMILES string of the molecule is Cc1cccc(-n2nnnc2SCCCOc2ccc(F)cc2)c1. The van der Waals surface area contributed by atoms with Gasteiger partial charge in [-0.3, -0.25) is 0 Å². The Morgan fingerprint density at radius 3 is 2.79 bits per heavy atom. The molecule has 7 heteroatoms. The van der Waals surface area contributed by atoms with Crippen LogP contribution in [-0.2, 0) is 0 Å². The van der Waals surface area contributed by atoms with Crippen molar-refractivity contribution >= 4 is 11.8 Å². The molecule has 0 aliphatic rings. The summed E-state index contributed by atoms with van der Waals surface area (Å²) < 4.78 is 20.1. The zero-order valence-corrected chi connectivity index (χ0v) is 14.0. The number of tetrazole rings is 1. The van der Waals surface area contributed by atoms with E-state index in [1.807, 2.05) is 31.2 Å². The zero-order chi connectivity index (χ0) is 16.8. The predicted octanol–water partition coefficient (Wildman–Crippen LogP) is 3.67. The Morgan fingerprint density at radius 2 is 2.00 bits per heavy atom. The monoisotopic (exact) mass is 344 g/mol. The average Bonchev–Trinajstić information content (AvgIpc) is 3.05. The van der Waals surface area contributed by atoms with Crippen molar-refractivity contribution in [3.63, 3.8) is 0 Å². The van der Waals surface area contributed by atoms with Gasteiger partial charge in [0.1, 0.15) is 11.6 Å². The standard InChI is InChI=1S/C17H17FN4OS/c1-13-4-2-5-15(12-13)22-17(19-20-21-22)24-11-3-10-23-16-8-6-14(18)7-9-16/h2,4-9,12H,3,10-11H2,1H3.